The van der Waals surface area contributed by atoms with Crippen LogP contribution in [0.5, 0.6) is 5.75 Å². The number of guanidine groups is 1. The Kier molecular flexibility index (Phi) is 9.22. The Morgan fingerprint density at radius 1 is 0.958 bits per heavy atom. The molecule has 0 unspecified atom stereocenters. The summed E-state index contributed by atoms with van der Waals surface area (Å²) < 4.78 is 5.78. The average Bonchev–Trinajstić information content (AvgIpc) is 2.61. The number of rotatable bonds is 7. The summed E-state index contributed by atoms with van der Waals surface area (Å²) in [7, 11) is 0. The van der Waals surface area contributed by atoms with Gasteiger partial charge in [0.2, 0.25) is 0 Å². The van der Waals surface area contributed by atoms with Gasteiger partial charge in [-0.1, -0.05) is 42.5 Å². The first-order chi connectivity index (χ1) is 11.2. The van der Waals surface area contributed by atoms with Crippen molar-refractivity contribution in [2.24, 2.45) is 10.7 Å². The Labute approximate surface area is 161 Å². The summed E-state index contributed by atoms with van der Waals surface area (Å²) in [6.45, 7) is 7.06. The third kappa shape index (κ3) is 6.39. The van der Waals surface area contributed by atoms with Gasteiger partial charge >= 0.3 is 0 Å². The summed E-state index contributed by atoms with van der Waals surface area (Å²) >= 11 is 0. The second-order valence-corrected chi connectivity index (χ2v) is 5.26. The maximum Gasteiger partial charge on any atom is 0.191 e. The van der Waals surface area contributed by atoms with E-state index in [1.807, 2.05) is 47.4 Å². The number of nitrogens with two attached hydrogens (primary N) is 1. The van der Waals surface area contributed by atoms with Crippen LogP contribution in [0.25, 0.3) is 0 Å². The Balaban J connectivity index is 0.00000288. The lowest BCUT2D eigenvalue weighted by molar-refractivity contribution is 0.306. The van der Waals surface area contributed by atoms with Crippen LogP contribution in [0.15, 0.2) is 59.6 Å². The van der Waals surface area contributed by atoms with E-state index >= 15 is 0 Å². The Bertz CT molecular complexity index is 610. The van der Waals surface area contributed by atoms with E-state index in [-0.39, 0.29) is 24.0 Å². The lowest BCUT2D eigenvalue weighted by Crippen LogP contribution is -2.37. The first-order valence-electron chi connectivity index (χ1n) is 8.03. The van der Waals surface area contributed by atoms with Crippen LogP contribution < -0.4 is 10.5 Å². The molecule has 0 aliphatic rings. The summed E-state index contributed by atoms with van der Waals surface area (Å²) in [5.74, 6) is 1.46. The van der Waals surface area contributed by atoms with E-state index in [9.17, 15) is 0 Å². The summed E-state index contributed by atoms with van der Waals surface area (Å²) in [5, 5.41) is 0. The molecule has 0 spiro atoms. The second-order valence-electron chi connectivity index (χ2n) is 5.26. The smallest absolute Gasteiger partial charge is 0.191 e. The van der Waals surface area contributed by atoms with Gasteiger partial charge in [0.05, 0.1) is 6.54 Å². The predicted molar refractivity (Wildman–Crippen MR) is 111 cm³/mol. The maximum absolute atomic E-state index is 5.98. The molecule has 2 aromatic rings. The van der Waals surface area contributed by atoms with Gasteiger partial charge in [0.15, 0.2) is 5.96 Å². The minimum atomic E-state index is 0. The van der Waals surface area contributed by atoms with Gasteiger partial charge in [-0.05, 0) is 37.1 Å². The third-order valence-electron chi connectivity index (χ3n) is 3.68. The molecule has 0 amide bonds. The highest BCUT2D eigenvalue weighted by molar-refractivity contribution is 14.0. The van der Waals surface area contributed by atoms with Crippen molar-refractivity contribution < 1.29 is 4.74 Å². The van der Waals surface area contributed by atoms with Crippen LogP contribution in [0.3, 0.4) is 0 Å². The van der Waals surface area contributed by atoms with Crippen LogP contribution in [-0.4, -0.2) is 23.9 Å². The summed E-state index contributed by atoms with van der Waals surface area (Å²) in [4.78, 5) is 6.48. The molecule has 2 aromatic carbocycles. The minimum Gasteiger partial charge on any atom is -0.489 e. The topological polar surface area (TPSA) is 50.8 Å². The molecule has 0 saturated heterocycles. The lowest BCUT2D eigenvalue weighted by Gasteiger charge is -2.19. The Morgan fingerprint density at radius 2 is 1.58 bits per heavy atom. The monoisotopic (exact) mass is 439 g/mol. The van der Waals surface area contributed by atoms with Crippen LogP contribution in [0.1, 0.15) is 25.0 Å². The molecule has 0 aliphatic heterocycles. The number of hydrogen-bond donors (Lipinski definition) is 1. The molecule has 4 nitrogen and oxygen atoms in total. The van der Waals surface area contributed by atoms with Crippen molar-refractivity contribution >= 4 is 29.9 Å². The number of halogens is 1. The van der Waals surface area contributed by atoms with E-state index in [0.29, 0.717) is 19.1 Å². The maximum atomic E-state index is 5.98. The van der Waals surface area contributed by atoms with E-state index in [2.05, 4.69) is 31.0 Å². The fourth-order valence-electron chi connectivity index (χ4n) is 2.25. The van der Waals surface area contributed by atoms with Crippen molar-refractivity contribution in [1.29, 1.82) is 0 Å². The quantitative estimate of drug-likeness (QED) is 0.403. The van der Waals surface area contributed by atoms with E-state index in [4.69, 9.17) is 10.5 Å². The molecule has 2 rings (SSSR count). The highest BCUT2D eigenvalue weighted by atomic mass is 127. The molecule has 0 bridgehead atoms. The van der Waals surface area contributed by atoms with Gasteiger partial charge in [-0.15, -0.1) is 24.0 Å². The normalized spacial score (nSPS) is 10.8. The number of hydrogen-bond acceptors (Lipinski definition) is 2. The summed E-state index contributed by atoms with van der Waals surface area (Å²) in [6.07, 6.45) is 0. The Morgan fingerprint density at radius 3 is 2.17 bits per heavy atom. The van der Waals surface area contributed by atoms with Crippen molar-refractivity contribution in [1.82, 2.24) is 4.90 Å². The number of nitrogens with zero attached hydrogens (tertiary/aromatic N) is 2. The zero-order valence-corrected chi connectivity index (χ0v) is 16.6. The van der Waals surface area contributed by atoms with Gasteiger partial charge in [-0.2, -0.15) is 0 Å². The largest absolute Gasteiger partial charge is 0.489 e. The average molecular weight is 439 g/mol. The number of benzene rings is 2. The molecule has 130 valence electrons. The summed E-state index contributed by atoms with van der Waals surface area (Å²) in [5.41, 5.74) is 8.26. The summed E-state index contributed by atoms with van der Waals surface area (Å²) in [6, 6.07) is 18.1. The molecule has 0 saturated carbocycles. The zero-order chi connectivity index (χ0) is 16.5. The van der Waals surface area contributed by atoms with Crippen LogP contribution in [0.2, 0.25) is 0 Å². The minimum absolute atomic E-state index is 0. The molecule has 5 heteroatoms. The van der Waals surface area contributed by atoms with Crippen molar-refractivity contribution in [2.45, 2.75) is 27.0 Å². The van der Waals surface area contributed by atoms with E-state index in [1.54, 1.807) is 0 Å². The fourth-order valence-corrected chi connectivity index (χ4v) is 2.25. The number of aliphatic imine (C=N–C) groups is 1. The van der Waals surface area contributed by atoms with Crippen LogP contribution in [-0.2, 0) is 13.2 Å². The Hall–Kier alpha value is -1.76. The standard InChI is InChI=1S/C19H25N3O.HI/c1-3-22(4-2)19(20)21-14-16-10-12-18(13-11-16)23-15-17-8-6-5-7-9-17;/h5-13H,3-4,14-15H2,1-2H3,(H2,20,21);1H. The molecule has 24 heavy (non-hydrogen) atoms. The highest BCUT2D eigenvalue weighted by Gasteiger charge is 2.02. The van der Waals surface area contributed by atoms with Gasteiger partial charge in [-0.25, -0.2) is 4.99 Å². The fraction of sp³-hybridized carbons (Fsp3) is 0.316. The van der Waals surface area contributed by atoms with Crippen LogP contribution in [0, 0.1) is 0 Å². The van der Waals surface area contributed by atoms with Crippen molar-refractivity contribution in [2.75, 3.05) is 13.1 Å². The molecule has 0 radical (unpaired) electrons. The van der Waals surface area contributed by atoms with Gasteiger partial charge in [0.25, 0.3) is 0 Å². The predicted octanol–water partition coefficient (Wildman–Crippen LogP) is 4.04. The first-order valence-corrected chi connectivity index (χ1v) is 8.03. The van der Waals surface area contributed by atoms with Crippen molar-refractivity contribution in [3.05, 3.63) is 65.7 Å². The molecule has 0 atom stereocenters. The highest BCUT2D eigenvalue weighted by Crippen LogP contribution is 2.14. The van der Waals surface area contributed by atoms with Gasteiger partial charge in [0, 0.05) is 13.1 Å². The second kappa shape index (κ2) is 10.9. The van der Waals surface area contributed by atoms with Crippen molar-refractivity contribution in [3.8, 4) is 5.75 Å². The van der Waals surface area contributed by atoms with Gasteiger partial charge in [0.1, 0.15) is 12.4 Å². The molecule has 2 N–H and O–H groups in total. The van der Waals surface area contributed by atoms with Crippen LogP contribution in [0.4, 0.5) is 0 Å². The lowest BCUT2D eigenvalue weighted by atomic mass is 10.2. The molecule has 0 aromatic heterocycles. The van der Waals surface area contributed by atoms with E-state index < -0.39 is 0 Å². The van der Waals surface area contributed by atoms with Crippen molar-refractivity contribution in [3.63, 3.8) is 0 Å². The van der Waals surface area contributed by atoms with E-state index in [1.165, 1.54) is 0 Å². The number of ether oxygens (including phenoxy) is 1. The van der Waals surface area contributed by atoms with Gasteiger partial charge in [-0.3, -0.25) is 0 Å². The first kappa shape index (κ1) is 20.3. The third-order valence-corrected chi connectivity index (χ3v) is 3.68. The zero-order valence-electron chi connectivity index (χ0n) is 14.3. The molecule has 0 heterocycles. The van der Waals surface area contributed by atoms with E-state index in [0.717, 1.165) is 30.0 Å². The molecular weight excluding hydrogens is 413 g/mol. The molecule has 0 aliphatic carbocycles. The molecular formula is C19H26IN3O. The van der Waals surface area contributed by atoms with Crippen LogP contribution >= 0.6 is 24.0 Å². The van der Waals surface area contributed by atoms with Gasteiger partial charge < -0.3 is 15.4 Å². The SMILES string of the molecule is CCN(CC)C(N)=NCc1ccc(OCc2ccccc2)cc1.I. The molecule has 0 fully saturated rings.